The monoisotopic (exact) mass is 440 g/mol. The van der Waals surface area contributed by atoms with Gasteiger partial charge in [0.2, 0.25) is 5.91 Å². The van der Waals surface area contributed by atoms with Crippen molar-refractivity contribution < 1.29 is 14.3 Å². The van der Waals surface area contributed by atoms with E-state index in [-0.39, 0.29) is 5.91 Å². The molecule has 7 heteroatoms. The van der Waals surface area contributed by atoms with E-state index in [2.05, 4.69) is 4.98 Å². The minimum absolute atomic E-state index is 0.0235. The first-order valence-corrected chi connectivity index (χ1v) is 11.0. The number of carbonyl (C=O) groups excluding carboxylic acids is 2. The molecule has 166 valence electrons. The van der Waals surface area contributed by atoms with Crippen molar-refractivity contribution in [3.63, 3.8) is 0 Å². The largest absolute Gasteiger partial charge is 0.457 e. The lowest BCUT2D eigenvalue weighted by Gasteiger charge is -2.31. The summed E-state index contributed by atoms with van der Waals surface area (Å²) in [6.07, 6.45) is 1.77. The van der Waals surface area contributed by atoms with E-state index in [4.69, 9.17) is 15.5 Å². The van der Waals surface area contributed by atoms with Gasteiger partial charge in [0.05, 0.1) is 11.0 Å². The van der Waals surface area contributed by atoms with Crippen molar-refractivity contribution in [1.29, 1.82) is 0 Å². The van der Waals surface area contributed by atoms with Gasteiger partial charge in [-0.05, 0) is 73.5 Å². The number of likely N-dealkylation sites (tertiary alicyclic amines) is 1. The van der Waals surface area contributed by atoms with Crippen LogP contribution in [0.5, 0.6) is 11.5 Å². The van der Waals surface area contributed by atoms with Gasteiger partial charge in [-0.3, -0.25) is 9.59 Å². The lowest BCUT2D eigenvalue weighted by atomic mass is 9.95. The highest BCUT2D eigenvalue weighted by molar-refractivity contribution is 5.94. The minimum atomic E-state index is -0.481. The van der Waals surface area contributed by atoms with Crippen molar-refractivity contribution in [3.05, 3.63) is 89.7 Å². The lowest BCUT2D eigenvalue weighted by molar-refractivity contribution is 0.0711. The summed E-state index contributed by atoms with van der Waals surface area (Å²) in [5.74, 6) is 2.09. The number of piperidine rings is 1. The number of nitrogens with zero attached hydrogens (tertiary/aromatic N) is 2. The number of nitrogens with one attached hydrogen (secondary N) is 1. The average Bonchev–Trinajstić information content (AvgIpc) is 3.29. The second kappa shape index (κ2) is 8.78. The Morgan fingerprint density at radius 3 is 2.09 bits per heavy atom. The van der Waals surface area contributed by atoms with Crippen molar-refractivity contribution in [1.82, 2.24) is 14.9 Å². The number of amides is 2. The SMILES string of the molecule is NC(=O)c1ccc(Oc2ccc(C(=O)N3CCC(c4nc5ccccc5[nH]4)CC3)cc2)cc1. The Hall–Kier alpha value is -4.13. The molecule has 0 saturated carbocycles. The van der Waals surface area contributed by atoms with Gasteiger partial charge in [-0.2, -0.15) is 0 Å². The Balaban J connectivity index is 1.19. The van der Waals surface area contributed by atoms with Crippen molar-refractivity contribution in [2.24, 2.45) is 5.73 Å². The van der Waals surface area contributed by atoms with Crippen LogP contribution >= 0.6 is 0 Å². The van der Waals surface area contributed by atoms with Gasteiger partial charge in [0.15, 0.2) is 0 Å². The molecule has 5 rings (SSSR count). The van der Waals surface area contributed by atoms with Crippen LogP contribution in [-0.4, -0.2) is 39.8 Å². The van der Waals surface area contributed by atoms with Gasteiger partial charge in [-0.25, -0.2) is 4.98 Å². The Morgan fingerprint density at radius 2 is 1.48 bits per heavy atom. The number of aromatic amines is 1. The fourth-order valence-electron chi connectivity index (χ4n) is 4.19. The topological polar surface area (TPSA) is 101 Å². The van der Waals surface area contributed by atoms with Crippen molar-refractivity contribution in [3.8, 4) is 11.5 Å². The smallest absolute Gasteiger partial charge is 0.253 e. The van der Waals surface area contributed by atoms with Gasteiger partial charge in [0.1, 0.15) is 17.3 Å². The van der Waals surface area contributed by atoms with E-state index < -0.39 is 5.91 Å². The fourth-order valence-corrected chi connectivity index (χ4v) is 4.19. The van der Waals surface area contributed by atoms with Crippen LogP contribution in [0.15, 0.2) is 72.8 Å². The van der Waals surface area contributed by atoms with E-state index in [0.29, 0.717) is 41.6 Å². The van der Waals surface area contributed by atoms with Crippen molar-refractivity contribution in [2.45, 2.75) is 18.8 Å². The van der Waals surface area contributed by atoms with Gasteiger partial charge in [0.25, 0.3) is 5.91 Å². The lowest BCUT2D eigenvalue weighted by Crippen LogP contribution is -2.38. The maximum Gasteiger partial charge on any atom is 0.253 e. The summed E-state index contributed by atoms with van der Waals surface area (Å²) in [4.78, 5) is 34.2. The maximum atomic E-state index is 13.0. The first kappa shape index (κ1) is 20.8. The zero-order valence-electron chi connectivity index (χ0n) is 18.0. The second-order valence-corrected chi connectivity index (χ2v) is 8.22. The highest BCUT2D eigenvalue weighted by Crippen LogP contribution is 2.29. The predicted molar refractivity (Wildman–Crippen MR) is 125 cm³/mol. The number of carbonyl (C=O) groups is 2. The van der Waals surface area contributed by atoms with Crippen LogP contribution in [0.1, 0.15) is 45.3 Å². The molecule has 1 aromatic heterocycles. The molecule has 3 aromatic carbocycles. The number of aromatic nitrogens is 2. The number of para-hydroxylation sites is 2. The van der Waals surface area contributed by atoms with Crippen LogP contribution in [0.25, 0.3) is 11.0 Å². The number of ether oxygens (including phenoxy) is 1. The van der Waals surface area contributed by atoms with Gasteiger partial charge in [-0.15, -0.1) is 0 Å². The number of rotatable bonds is 5. The van der Waals surface area contributed by atoms with Gasteiger partial charge < -0.3 is 20.4 Å². The summed E-state index contributed by atoms with van der Waals surface area (Å²) in [5.41, 5.74) is 8.35. The van der Waals surface area contributed by atoms with Gasteiger partial charge in [-0.1, -0.05) is 12.1 Å². The van der Waals surface area contributed by atoms with Gasteiger partial charge in [0, 0.05) is 30.1 Å². The van der Waals surface area contributed by atoms with Crippen LogP contribution in [0, 0.1) is 0 Å². The van der Waals surface area contributed by atoms with Gasteiger partial charge >= 0.3 is 0 Å². The number of benzene rings is 3. The van der Waals surface area contributed by atoms with Crippen molar-refractivity contribution in [2.75, 3.05) is 13.1 Å². The molecule has 4 aromatic rings. The number of hydrogen-bond acceptors (Lipinski definition) is 4. The van der Waals surface area contributed by atoms with E-state index in [1.807, 2.05) is 29.2 Å². The summed E-state index contributed by atoms with van der Waals surface area (Å²) in [5, 5.41) is 0. The molecule has 1 fully saturated rings. The molecular weight excluding hydrogens is 416 g/mol. The van der Waals surface area contributed by atoms with Crippen LogP contribution in [0.4, 0.5) is 0 Å². The summed E-state index contributed by atoms with van der Waals surface area (Å²) >= 11 is 0. The average molecular weight is 441 g/mol. The molecule has 2 amide bonds. The molecule has 1 saturated heterocycles. The Bertz CT molecular complexity index is 1250. The third-order valence-electron chi connectivity index (χ3n) is 6.05. The number of H-pyrrole nitrogens is 1. The Kier molecular flexibility index (Phi) is 5.52. The summed E-state index contributed by atoms with van der Waals surface area (Å²) in [6, 6.07) is 21.7. The number of primary amides is 1. The molecular formula is C26H24N4O3. The number of hydrogen-bond donors (Lipinski definition) is 2. The Labute approximate surface area is 191 Å². The standard InChI is InChI=1S/C26H24N4O3/c27-24(31)17-5-9-20(10-6-17)33-21-11-7-19(8-12-21)26(32)30-15-13-18(14-16-30)25-28-22-3-1-2-4-23(22)29-25/h1-12,18H,13-16H2,(H2,27,31)(H,28,29). The molecule has 2 heterocycles. The fraction of sp³-hybridized carbons (Fsp3) is 0.192. The van der Waals surface area contributed by atoms with Crippen LogP contribution < -0.4 is 10.5 Å². The summed E-state index contributed by atoms with van der Waals surface area (Å²) in [7, 11) is 0. The normalized spacial score (nSPS) is 14.4. The zero-order chi connectivity index (χ0) is 22.8. The molecule has 1 aliphatic rings. The first-order valence-electron chi connectivity index (χ1n) is 11.0. The predicted octanol–water partition coefficient (Wildman–Crippen LogP) is 4.47. The second-order valence-electron chi connectivity index (χ2n) is 8.22. The molecule has 0 unspecified atom stereocenters. The quantitative estimate of drug-likeness (QED) is 0.478. The summed E-state index contributed by atoms with van der Waals surface area (Å²) < 4.78 is 5.79. The molecule has 0 aliphatic carbocycles. The highest BCUT2D eigenvalue weighted by Gasteiger charge is 2.26. The van der Waals surface area contributed by atoms with Crippen LogP contribution in [0.2, 0.25) is 0 Å². The Morgan fingerprint density at radius 1 is 0.879 bits per heavy atom. The number of fused-ring (bicyclic) bond motifs is 1. The molecule has 3 N–H and O–H groups in total. The van der Waals surface area contributed by atoms with E-state index >= 15 is 0 Å². The van der Waals surface area contributed by atoms with Crippen molar-refractivity contribution >= 4 is 22.8 Å². The molecule has 0 spiro atoms. The molecule has 33 heavy (non-hydrogen) atoms. The third kappa shape index (κ3) is 4.43. The zero-order valence-corrected chi connectivity index (χ0v) is 18.0. The molecule has 0 radical (unpaired) electrons. The molecule has 7 nitrogen and oxygen atoms in total. The van der Waals surface area contributed by atoms with E-state index in [1.54, 1.807) is 48.5 Å². The van der Waals surface area contributed by atoms with E-state index in [9.17, 15) is 9.59 Å². The van der Waals surface area contributed by atoms with Crippen LogP contribution in [-0.2, 0) is 0 Å². The van der Waals surface area contributed by atoms with E-state index in [0.717, 1.165) is 29.7 Å². The molecule has 0 bridgehead atoms. The molecule has 1 aliphatic heterocycles. The summed E-state index contributed by atoms with van der Waals surface area (Å²) in [6.45, 7) is 1.40. The van der Waals surface area contributed by atoms with E-state index in [1.165, 1.54) is 0 Å². The minimum Gasteiger partial charge on any atom is -0.457 e. The first-order chi connectivity index (χ1) is 16.1. The third-order valence-corrected chi connectivity index (χ3v) is 6.05. The maximum absolute atomic E-state index is 13.0. The number of imidazole rings is 1. The van der Waals surface area contributed by atoms with Crippen LogP contribution in [0.3, 0.4) is 0 Å². The number of nitrogens with two attached hydrogens (primary N) is 1. The highest BCUT2D eigenvalue weighted by atomic mass is 16.5. The molecule has 0 atom stereocenters.